The Balaban J connectivity index is 1.72. The third-order valence-electron chi connectivity index (χ3n) is 4.29. The van der Waals surface area contributed by atoms with E-state index < -0.39 is 0 Å². The molecular weight excluding hydrogens is 280 g/mol. The smallest absolute Gasteiger partial charge is 0.123 e. The standard InChI is InChI=1S/C16H16N4S/c1-16(2)10-7-12-13(8-11(10)20-15(16)21)19-14(18-12)9-3-5-17-6-4-9/h3-8,14,18-19H,1-2H3,(H,20,21). The molecule has 1 unspecified atom stereocenters. The highest BCUT2D eigenvalue weighted by atomic mass is 32.1. The van der Waals surface area contributed by atoms with Crippen LogP contribution >= 0.6 is 12.2 Å². The minimum Gasteiger partial charge on any atom is -0.360 e. The van der Waals surface area contributed by atoms with Gasteiger partial charge in [0.05, 0.1) is 16.4 Å². The van der Waals surface area contributed by atoms with Crippen LogP contribution in [0, 0.1) is 0 Å². The molecule has 3 N–H and O–H groups in total. The van der Waals surface area contributed by atoms with E-state index in [4.69, 9.17) is 12.2 Å². The Morgan fingerprint density at radius 3 is 2.43 bits per heavy atom. The minimum absolute atomic E-state index is 0.0839. The molecule has 4 rings (SSSR count). The Morgan fingerprint density at radius 2 is 1.71 bits per heavy atom. The molecule has 0 spiro atoms. The summed E-state index contributed by atoms with van der Waals surface area (Å²) in [6, 6.07) is 8.37. The molecule has 0 radical (unpaired) electrons. The van der Waals surface area contributed by atoms with Crippen LogP contribution in [-0.4, -0.2) is 9.97 Å². The largest absolute Gasteiger partial charge is 0.360 e. The number of thiocarbonyl (C=S) groups is 1. The fraction of sp³-hybridized carbons (Fsp3) is 0.250. The predicted octanol–water partition coefficient (Wildman–Crippen LogP) is 3.65. The molecule has 1 aromatic carbocycles. The summed E-state index contributed by atoms with van der Waals surface area (Å²) in [5, 5.41) is 10.3. The lowest BCUT2D eigenvalue weighted by molar-refractivity contribution is 0.748. The highest BCUT2D eigenvalue weighted by Crippen LogP contribution is 2.45. The van der Waals surface area contributed by atoms with Gasteiger partial charge in [0.25, 0.3) is 0 Å². The summed E-state index contributed by atoms with van der Waals surface area (Å²) < 4.78 is 0. The molecule has 2 aromatic rings. The molecule has 1 atom stereocenters. The summed E-state index contributed by atoms with van der Waals surface area (Å²) in [5.41, 5.74) is 5.63. The molecule has 0 saturated carbocycles. The fourth-order valence-corrected chi connectivity index (χ4v) is 3.15. The second kappa shape index (κ2) is 4.18. The Hall–Kier alpha value is -2.14. The Morgan fingerprint density at radius 1 is 1.05 bits per heavy atom. The first-order chi connectivity index (χ1) is 10.1. The predicted molar refractivity (Wildman–Crippen MR) is 89.9 cm³/mol. The van der Waals surface area contributed by atoms with Crippen molar-refractivity contribution in [2.75, 3.05) is 16.0 Å². The van der Waals surface area contributed by atoms with E-state index in [0.29, 0.717) is 0 Å². The normalized spacial score (nSPS) is 21.0. The Kier molecular flexibility index (Phi) is 2.50. The number of fused-ring (bicyclic) bond motifs is 2. The van der Waals surface area contributed by atoms with Crippen LogP contribution in [0.3, 0.4) is 0 Å². The first-order valence-corrected chi connectivity index (χ1v) is 7.39. The van der Waals surface area contributed by atoms with Crippen molar-refractivity contribution in [1.82, 2.24) is 4.98 Å². The quantitative estimate of drug-likeness (QED) is 0.701. The second-order valence-electron chi connectivity index (χ2n) is 6.02. The van der Waals surface area contributed by atoms with Crippen molar-refractivity contribution in [2.45, 2.75) is 25.4 Å². The van der Waals surface area contributed by atoms with Gasteiger partial charge in [-0.3, -0.25) is 4.98 Å². The zero-order chi connectivity index (χ0) is 14.6. The zero-order valence-corrected chi connectivity index (χ0v) is 12.7. The van der Waals surface area contributed by atoms with Crippen LogP contribution in [-0.2, 0) is 5.41 Å². The Bertz CT molecular complexity index is 739. The van der Waals surface area contributed by atoms with E-state index in [2.05, 4.69) is 46.9 Å². The molecule has 3 heterocycles. The number of rotatable bonds is 1. The molecule has 106 valence electrons. The van der Waals surface area contributed by atoms with Gasteiger partial charge in [0.1, 0.15) is 6.17 Å². The van der Waals surface area contributed by atoms with Crippen molar-refractivity contribution in [1.29, 1.82) is 0 Å². The number of hydrogen-bond donors (Lipinski definition) is 3. The third-order valence-corrected chi connectivity index (χ3v) is 4.90. The average molecular weight is 296 g/mol. The van der Waals surface area contributed by atoms with Crippen LogP contribution in [0.15, 0.2) is 36.7 Å². The van der Waals surface area contributed by atoms with Gasteiger partial charge in [-0.05, 0) is 49.2 Å². The topological polar surface area (TPSA) is 49.0 Å². The second-order valence-corrected chi connectivity index (χ2v) is 6.43. The summed E-state index contributed by atoms with van der Waals surface area (Å²) in [5.74, 6) is 0. The molecule has 0 bridgehead atoms. The van der Waals surface area contributed by atoms with E-state index in [1.54, 1.807) is 0 Å². The molecule has 0 aliphatic carbocycles. The van der Waals surface area contributed by atoms with Crippen LogP contribution in [0.5, 0.6) is 0 Å². The third kappa shape index (κ3) is 1.81. The van der Waals surface area contributed by atoms with E-state index in [0.717, 1.165) is 22.1 Å². The minimum atomic E-state index is -0.115. The van der Waals surface area contributed by atoms with Gasteiger partial charge in [-0.1, -0.05) is 12.2 Å². The molecule has 0 saturated heterocycles. The zero-order valence-electron chi connectivity index (χ0n) is 11.9. The molecule has 2 aliphatic rings. The molecule has 0 fully saturated rings. The Labute approximate surface area is 129 Å². The first-order valence-electron chi connectivity index (χ1n) is 6.99. The summed E-state index contributed by atoms with van der Waals surface area (Å²) in [6.45, 7) is 4.31. The van der Waals surface area contributed by atoms with E-state index >= 15 is 0 Å². The van der Waals surface area contributed by atoms with Crippen LogP contribution in [0.1, 0.15) is 31.1 Å². The number of aromatic nitrogens is 1. The van der Waals surface area contributed by atoms with Crippen molar-refractivity contribution < 1.29 is 0 Å². The number of hydrogen-bond acceptors (Lipinski definition) is 4. The molecule has 5 heteroatoms. The van der Waals surface area contributed by atoms with Gasteiger partial charge in [-0.25, -0.2) is 0 Å². The maximum absolute atomic E-state index is 5.44. The van der Waals surface area contributed by atoms with E-state index in [9.17, 15) is 0 Å². The van der Waals surface area contributed by atoms with Crippen LogP contribution < -0.4 is 16.0 Å². The molecule has 2 aliphatic heterocycles. The van der Waals surface area contributed by atoms with Crippen LogP contribution in [0.25, 0.3) is 0 Å². The molecule has 21 heavy (non-hydrogen) atoms. The number of anilines is 3. The maximum atomic E-state index is 5.44. The SMILES string of the molecule is CC1(C)C(=S)Nc2cc3c(cc21)NC(c1ccncc1)N3. The van der Waals surface area contributed by atoms with Crippen LogP contribution in [0.4, 0.5) is 17.1 Å². The molecule has 4 nitrogen and oxygen atoms in total. The van der Waals surface area contributed by atoms with E-state index in [-0.39, 0.29) is 11.6 Å². The number of nitrogens with one attached hydrogen (secondary N) is 3. The van der Waals surface area contributed by atoms with Crippen molar-refractivity contribution in [2.24, 2.45) is 0 Å². The van der Waals surface area contributed by atoms with Crippen molar-refractivity contribution >= 4 is 34.3 Å². The summed E-state index contributed by atoms with van der Waals surface area (Å²) >= 11 is 5.44. The van der Waals surface area contributed by atoms with Gasteiger partial charge in [0.2, 0.25) is 0 Å². The average Bonchev–Trinajstić information content (AvgIpc) is 2.98. The maximum Gasteiger partial charge on any atom is 0.123 e. The van der Waals surface area contributed by atoms with Gasteiger partial charge in [-0.2, -0.15) is 0 Å². The molecule has 0 amide bonds. The van der Waals surface area contributed by atoms with Gasteiger partial charge >= 0.3 is 0 Å². The monoisotopic (exact) mass is 296 g/mol. The van der Waals surface area contributed by atoms with Crippen molar-refractivity contribution in [3.63, 3.8) is 0 Å². The lowest BCUT2D eigenvalue weighted by atomic mass is 9.86. The lowest BCUT2D eigenvalue weighted by Crippen LogP contribution is -2.25. The van der Waals surface area contributed by atoms with Crippen LogP contribution in [0.2, 0.25) is 0 Å². The van der Waals surface area contributed by atoms with E-state index in [1.165, 1.54) is 11.1 Å². The number of pyridine rings is 1. The summed E-state index contributed by atoms with van der Waals surface area (Å²) in [7, 11) is 0. The number of nitrogens with zero attached hydrogens (tertiary/aromatic N) is 1. The number of benzene rings is 1. The van der Waals surface area contributed by atoms with Gasteiger partial charge in [0, 0.05) is 23.5 Å². The highest BCUT2D eigenvalue weighted by Gasteiger charge is 2.37. The summed E-state index contributed by atoms with van der Waals surface area (Å²) in [4.78, 5) is 4.95. The van der Waals surface area contributed by atoms with Gasteiger partial charge in [0.15, 0.2) is 0 Å². The van der Waals surface area contributed by atoms with E-state index in [1.807, 2.05) is 24.5 Å². The lowest BCUT2D eigenvalue weighted by Gasteiger charge is -2.18. The van der Waals surface area contributed by atoms with Gasteiger partial charge < -0.3 is 16.0 Å². The van der Waals surface area contributed by atoms with Crippen molar-refractivity contribution in [3.8, 4) is 0 Å². The fourth-order valence-electron chi connectivity index (χ4n) is 2.93. The molecule has 1 aromatic heterocycles. The van der Waals surface area contributed by atoms with Gasteiger partial charge in [-0.15, -0.1) is 0 Å². The summed E-state index contributed by atoms with van der Waals surface area (Å²) in [6.07, 6.45) is 3.70. The first kappa shape index (κ1) is 12.6. The highest BCUT2D eigenvalue weighted by molar-refractivity contribution is 7.80. The van der Waals surface area contributed by atoms with Crippen molar-refractivity contribution in [3.05, 3.63) is 47.8 Å². The molecular formula is C16H16N4S.